The van der Waals surface area contributed by atoms with E-state index in [1.54, 1.807) is 0 Å². The highest BCUT2D eigenvalue weighted by Gasteiger charge is 2.07. The quantitative estimate of drug-likeness (QED) is 0.588. The first kappa shape index (κ1) is 7.79. The minimum Gasteiger partial charge on any atom is -0.539 e. The van der Waals surface area contributed by atoms with E-state index in [4.69, 9.17) is 0 Å². The number of nitrogens with zero attached hydrogens (tertiary/aromatic N) is 2. The van der Waals surface area contributed by atoms with Gasteiger partial charge in [-0.2, -0.15) is 0 Å². The maximum absolute atomic E-state index is 10.7. The van der Waals surface area contributed by atoms with Gasteiger partial charge in [0.2, 0.25) is 11.9 Å². The molecule has 13 heavy (non-hydrogen) atoms. The maximum atomic E-state index is 10.7. The van der Waals surface area contributed by atoms with Gasteiger partial charge in [-0.1, -0.05) is 12.1 Å². The summed E-state index contributed by atoms with van der Waals surface area (Å²) in [6.45, 7) is 1.97. The van der Waals surface area contributed by atoms with Gasteiger partial charge in [-0.25, -0.2) is 0 Å². The molecule has 1 aromatic carbocycles. The molecule has 0 aliphatic carbocycles. The van der Waals surface area contributed by atoms with Crippen LogP contribution in [0.2, 0.25) is 0 Å². The largest absolute Gasteiger partial charge is 0.539 e. The van der Waals surface area contributed by atoms with Gasteiger partial charge in [-0.15, -0.1) is 0 Å². The predicted octanol–water partition coefficient (Wildman–Crippen LogP) is 0.333. The first-order valence-electron chi connectivity index (χ1n) is 3.88. The van der Waals surface area contributed by atoms with Crippen LogP contribution in [-0.2, 0) is 0 Å². The SMILES string of the molecule is Cc1cccc(-[n+]2cc([O-])on2)c1. The summed E-state index contributed by atoms with van der Waals surface area (Å²) in [4.78, 5) is 0. The van der Waals surface area contributed by atoms with Crippen LogP contribution >= 0.6 is 0 Å². The topological polar surface area (TPSA) is 53.0 Å². The highest BCUT2D eigenvalue weighted by atomic mass is 16.6. The van der Waals surface area contributed by atoms with Crippen molar-refractivity contribution in [3.05, 3.63) is 36.0 Å². The summed E-state index contributed by atoms with van der Waals surface area (Å²) in [5.41, 5.74) is 1.94. The maximum Gasteiger partial charge on any atom is 0.239 e. The van der Waals surface area contributed by atoms with E-state index in [9.17, 15) is 5.11 Å². The van der Waals surface area contributed by atoms with Crippen LogP contribution in [0.25, 0.3) is 5.69 Å². The Morgan fingerprint density at radius 3 is 2.92 bits per heavy atom. The van der Waals surface area contributed by atoms with Crippen molar-refractivity contribution < 1.29 is 14.3 Å². The summed E-state index contributed by atoms with van der Waals surface area (Å²) in [5.74, 6) is -0.443. The molecule has 0 spiro atoms. The van der Waals surface area contributed by atoms with Crippen LogP contribution in [0.1, 0.15) is 5.56 Å². The minimum absolute atomic E-state index is 0.443. The van der Waals surface area contributed by atoms with E-state index in [-0.39, 0.29) is 0 Å². The molecule has 0 bridgehead atoms. The average Bonchev–Trinajstić information content (AvgIpc) is 2.52. The number of hydrogen-bond acceptors (Lipinski definition) is 3. The van der Waals surface area contributed by atoms with E-state index >= 15 is 0 Å². The molecule has 0 saturated heterocycles. The summed E-state index contributed by atoms with van der Waals surface area (Å²) in [7, 11) is 0. The molecule has 0 radical (unpaired) electrons. The zero-order chi connectivity index (χ0) is 9.26. The van der Waals surface area contributed by atoms with E-state index in [2.05, 4.69) is 9.79 Å². The lowest BCUT2D eigenvalue weighted by Gasteiger charge is -1.90. The summed E-state index contributed by atoms with van der Waals surface area (Å²) >= 11 is 0. The highest BCUT2D eigenvalue weighted by Crippen LogP contribution is 2.04. The van der Waals surface area contributed by atoms with E-state index in [0.717, 1.165) is 11.3 Å². The van der Waals surface area contributed by atoms with Crippen molar-refractivity contribution in [3.8, 4) is 11.6 Å². The molecule has 2 rings (SSSR count). The molecule has 0 fully saturated rings. The monoisotopic (exact) mass is 176 g/mol. The number of benzene rings is 1. The number of rotatable bonds is 1. The van der Waals surface area contributed by atoms with Crippen molar-refractivity contribution in [3.63, 3.8) is 0 Å². The zero-order valence-corrected chi connectivity index (χ0v) is 7.10. The second-order valence-corrected chi connectivity index (χ2v) is 2.80. The zero-order valence-electron chi connectivity index (χ0n) is 7.10. The molecule has 0 aliphatic heterocycles. The Morgan fingerprint density at radius 1 is 1.46 bits per heavy atom. The van der Waals surface area contributed by atoms with Crippen LogP contribution in [0.3, 0.4) is 0 Å². The second kappa shape index (κ2) is 2.90. The Kier molecular flexibility index (Phi) is 1.73. The van der Waals surface area contributed by atoms with Crippen LogP contribution in [0.15, 0.2) is 35.0 Å². The molecule has 0 N–H and O–H groups in total. The van der Waals surface area contributed by atoms with Crippen molar-refractivity contribution in [2.24, 2.45) is 0 Å². The lowest BCUT2D eigenvalue weighted by Crippen LogP contribution is -2.31. The summed E-state index contributed by atoms with van der Waals surface area (Å²) < 4.78 is 5.83. The lowest BCUT2D eigenvalue weighted by molar-refractivity contribution is -0.670. The molecule has 0 unspecified atom stereocenters. The van der Waals surface area contributed by atoms with Gasteiger partial charge < -0.3 is 9.63 Å². The Balaban J connectivity index is 2.46. The van der Waals surface area contributed by atoms with E-state index < -0.39 is 5.95 Å². The standard InChI is InChI=1S/C9H8N2O2/c1-7-3-2-4-8(5-7)11-6-9(12)13-10-11/h2-6H,1H3. The molecule has 1 aromatic heterocycles. The Bertz CT molecular complexity index is 423. The molecule has 0 amide bonds. The van der Waals surface area contributed by atoms with Gasteiger partial charge in [0.05, 0.1) is 5.27 Å². The molecule has 2 aromatic rings. The lowest BCUT2D eigenvalue weighted by atomic mass is 10.2. The first-order valence-corrected chi connectivity index (χ1v) is 3.88. The molecular formula is C9H8N2O2. The van der Waals surface area contributed by atoms with Crippen molar-refractivity contribution in [1.82, 2.24) is 5.27 Å². The van der Waals surface area contributed by atoms with Crippen LogP contribution in [0.5, 0.6) is 5.95 Å². The summed E-state index contributed by atoms with van der Waals surface area (Å²) in [6, 6.07) is 7.65. The molecule has 4 heteroatoms. The number of aromatic nitrogens is 2. The third-order valence-electron chi connectivity index (χ3n) is 1.71. The fourth-order valence-electron chi connectivity index (χ4n) is 1.12. The molecular weight excluding hydrogens is 168 g/mol. The van der Waals surface area contributed by atoms with Crippen LogP contribution in [0.4, 0.5) is 0 Å². The first-order chi connectivity index (χ1) is 6.25. The molecule has 0 saturated carbocycles. The smallest absolute Gasteiger partial charge is 0.239 e. The van der Waals surface area contributed by atoms with Crippen molar-refractivity contribution in [2.45, 2.75) is 6.92 Å². The Hall–Kier alpha value is -1.84. The molecule has 0 aliphatic rings. The number of aryl methyl sites for hydroxylation is 1. The Morgan fingerprint density at radius 2 is 2.31 bits per heavy atom. The van der Waals surface area contributed by atoms with E-state index in [1.807, 2.05) is 31.2 Å². The summed E-state index contributed by atoms with van der Waals surface area (Å²) in [5, 5.41) is 14.3. The molecule has 0 atom stereocenters. The van der Waals surface area contributed by atoms with Crippen molar-refractivity contribution in [1.29, 1.82) is 0 Å². The highest BCUT2D eigenvalue weighted by molar-refractivity contribution is 5.27. The van der Waals surface area contributed by atoms with Gasteiger partial charge in [-0.3, -0.25) is 0 Å². The van der Waals surface area contributed by atoms with Gasteiger partial charge in [0.15, 0.2) is 0 Å². The van der Waals surface area contributed by atoms with Gasteiger partial charge in [0.25, 0.3) is 0 Å². The van der Waals surface area contributed by atoms with Gasteiger partial charge in [-0.05, 0) is 17.2 Å². The average molecular weight is 176 g/mol. The Labute approximate surface area is 75.0 Å². The third kappa shape index (κ3) is 1.51. The predicted molar refractivity (Wildman–Crippen MR) is 42.2 cm³/mol. The minimum atomic E-state index is -0.443. The third-order valence-corrected chi connectivity index (χ3v) is 1.71. The van der Waals surface area contributed by atoms with Crippen LogP contribution in [-0.4, -0.2) is 5.27 Å². The van der Waals surface area contributed by atoms with Crippen molar-refractivity contribution in [2.75, 3.05) is 0 Å². The molecule has 1 heterocycles. The van der Waals surface area contributed by atoms with Gasteiger partial charge >= 0.3 is 0 Å². The second-order valence-electron chi connectivity index (χ2n) is 2.80. The van der Waals surface area contributed by atoms with Gasteiger partial charge in [0.1, 0.15) is 5.95 Å². The molecule has 4 nitrogen and oxygen atoms in total. The molecule has 66 valence electrons. The summed E-state index contributed by atoms with van der Waals surface area (Å²) in [6.07, 6.45) is 1.30. The van der Waals surface area contributed by atoms with E-state index in [0.29, 0.717) is 0 Å². The van der Waals surface area contributed by atoms with Crippen molar-refractivity contribution >= 4 is 0 Å². The fraction of sp³-hybridized carbons (Fsp3) is 0.111. The van der Waals surface area contributed by atoms with E-state index in [1.165, 1.54) is 10.9 Å². The number of hydrogen-bond donors (Lipinski definition) is 0. The van der Waals surface area contributed by atoms with Crippen LogP contribution in [0, 0.1) is 6.92 Å². The van der Waals surface area contributed by atoms with Crippen LogP contribution < -0.4 is 9.79 Å². The fourth-order valence-corrected chi connectivity index (χ4v) is 1.12. The van der Waals surface area contributed by atoms with Gasteiger partial charge in [0, 0.05) is 12.1 Å². The normalized spacial score (nSPS) is 10.2.